The number of nitrogens with zero attached hydrogens (tertiary/aromatic N) is 1. The molecule has 1 aliphatic carbocycles. The van der Waals surface area contributed by atoms with Crippen LogP contribution in [0.25, 0.3) is 11.0 Å². The molecule has 0 spiro atoms. The number of carboxylic acids is 1. The number of hydrogen-bond donors (Lipinski definition) is 3. The van der Waals surface area contributed by atoms with Gasteiger partial charge in [0.25, 0.3) is 0 Å². The molecule has 0 radical (unpaired) electrons. The largest absolute Gasteiger partial charge is 0.478 e. The second-order valence-electron chi connectivity index (χ2n) is 5.86. The molecule has 0 aliphatic heterocycles. The fourth-order valence-corrected chi connectivity index (χ4v) is 3.53. The normalized spacial score (nSPS) is 17.4. The SMILES string of the molecule is CNCC(c1cc2nccc(C(=O)O)c2[nH]1)C1CCCC1. The van der Waals surface area contributed by atoms with Gasteiger partial charge in [0.1, 0.15) is 0 Å². The van der Waals surface area contributed by atoms with Crippen LogP contribution in [0.2, 0.25) is 0 Å². The van der Waals surface area contributed by atoms with E-state index < -0.39 is 5.97 Å². The maximum absolute atomic E-state index is 11.3. The molecule has 3 rings (SSSR count). The van der Waals surface area contributed by atoms with Crippen LogP contribution in [0.1, 0.15) is 47.7 Å². The molecule has 2 aromatic rings. The lowest BCUT2D eigenvalue weighted by Gasteiger charge is -2.22. The van der Waals surface area contributed by atoms with Gasteiger partial charge in [0.05, 0.1) is 16.6 Å². The molecule has 5 heteroatoms. The highest BCUT2D eigenvalue weighted by Gasteiger charge is 2.27. The smallest absolute Gasteiger partial charge is 0.337 e. The van der Waals surface area contributed by atoms with Crippen LogP contribution in [0, 0.1) is 5.92 Å². The van der Waals surface area contributed by atoms with E-state index in [9.17, 15) is 9.90 Å². The molecule has 2 aromatic heterocycles. The minimum Gasteiger partial charge on any atom is -0.478 e. The summed E-state index contributed by atoms with van der Waals surface area (Å²) in [4.78, 5) is 18.9. The van der Waals surface area contributed by atoms with Gasteiger partial charge < -0.3 is 15.4 Å². The predicted molar refractivity (Wildman–Crippen MR) is 81.7 cm³/mol. The van der Waals surface area contributed by atoms with Gasteiger partial charge in [0.15, 0.2) is 0 Å². The molecule has 1 aliphatic rings. The average Bonchev–Trinajstić information content (AvgIpc) is 3.12. The van der Waals surface area contributed by atoms with E-state index >= 15 is 0 Å². The van der Waals surface area contributed by atoms with Crippen LogP contribution in [0.5, 0.6) is 0 Å². The summed E-state index contributed by atoms with van der Waals surface area (Å²) in [6, 6.07) is 3.57. The van der Waals surface area contributed by atoms with Crippen molar-refractivity contribution in [1.29, 1.82) is 0 Å². The number of carboxylic acid groups (broad SMARTS) is 1. The Labute approximate surface area is 123 Å². The van der Waals surface area contributed by atoms with E-state index in [0.29, 0.717) is 22.9 Å². The van der Waals surface area contributed by atoms with Gasteiger partial charge in [-0.05, 0) is 37.9 Å². The number of aromatic amines is 1. The van der Waals surface area contributed by atoms with Crippen LogP contribution >= 0.6 is 0 Å². The van der Waals surface area contributed by atoms with Gasteiger partial charge >= 0.3 is 5.97 Å². The molecule has 2 heterocycles. The number of rotatable bonds is 5. The Morgan fingerprint density at radius 3 is 2.95 bits per heavy atom. The van der Waals surface area contributed by atoms with Crippen LogP contribution in [-0.4, -0.2) is 34.6 Å². The number of aromatic carboxylic acids is 1. The number of hydrogen-bond acceptors (Lipinski definition) is 3. The molecule has 1 atom stereocenters. The zero-order valence-corrected chi connectivity index (χ0v) is 12.2. The van der Waals surface area contributed by atoms with Crippen LogP contribution in [0.4, 0.5) is 0 Å². The zero-order chi connectivity index (χ0) is 14.8. The summed E-state index contributed by atoms with van der Waals surface area (Å²) in [5.41, 5.74) is 2.77. The number of fused-ring (bicyclic) bond motifs is 1. The first-order valence-electron chi connectivity index (χ1n) is 7.56. The molecule has 21 heavy (non-hydrogen) atoms. The summed E-state index contributed by atoms with van der Waals surface area (Å²) in [6.45, 7) is 0.903. The van der Waals surface area contributed by atoms with Crippen molar-refractivity contribution < 1.29 is 9.90 Å². The first-order valence-corrected chi connectivity index (χ1v) is 7.56. The van der Waals surface area contributed by atoms with Crippen LogP contribution < -0.4 is 5.32 Å². The third-order valence-corrected chi connectivity index (χ3v) is 4.56. The van der Waals surface area contributed by atoms with Crippen molar-refractivity contribution in [1.82, 2.24) is 15.3 Å². The third-order valence-electron chi connectivity index (χ3n) is 4.56. The molecule has 0 saturated heterocycles. The van der Waals surface area contributed by atoms with Gasteiger partial charge in [0.2, 0.25) is 0 Å². The molecular weight excluding hydrogens is 266 g/mol. The second-order valence-corrected chi connectivity index (χ2v) is 5.86. The van der Waals surface area contributed by atoms with E-state index in [1.54, 1.807) is 12.3 Å². The number of aromatic nitrogens is 2. The first kappa shape index (κ1) is 14.1. The number of carbonyl (C=O) groups is 1. The summed E-state index contributed by atoms with van der Waals surface area (Å²) in [6.07, 6.45) is 6.65. The summed E-state index contributed by atoms with van der Waals surface area (Å²) >= 11 is 0. The van der Waals surface area contributed by atoms with E-state index in [0.717, 1.165) is 17.8 Å². The molecule has 1 saturated carbocycles. The van der Waals surface area contributed by atoms with Crippen molar-refractivity contribution in [2.75, 3.05) is 13.6 Å². The lowest BCUT2D eigenvalue weighted by atomic mass is 9.88. The van der Waals surface area contributed by atoms with Crippen LogP contribution in [0.3, 0.4) is 0 Å². The maximum Gasteiger partial charge on any atom is 0.337 e. The van der Waals surface area contributed by atoms with E-state index in [-0.39, 0.29) is 0 Å². The Hall–Kier alpha value is -1.88. The highest BCUT2D eigenvalue weighted by atomic mass is 16.4. The molecule has 5 nitrogen and oxygen atoms in total. The summed E-state index contributed by atoms with van der Waals surface area (Å²) in [5.74, 6) is 0.147. The van der Waals surface area contributed by atoms with Crippen molar-refractivity contribution in [3.8, 4) is 0 Å². The van der Waals surface area contributed by atoms with Crippen molar-refractivity contribution >= 4 is 17.0 Å². The van der Waals surface area contributed by atoms with Gasteiger partial charge in [-0.1, -0.05) is 12.8 Å². The van der Waals surface area contributed by atoms with E-state index in [4.69, 9.17) is 0 Å². The van der Waals surface area contributed by atoms with E-state index in [1.165, 1.54) is 25.7 Å². The van der Waals surface area contributed by atoms with Crippen molar-refractivity contribution in [2.24, 2.45) is 5.92 Å². The monoisotopic (exact) mass is 287 g/mol. The van der Waals surface area contributed by atoms with Gasteiger partial charge in [-0.2, -0.15) is 0 Å². The molecule has 0 amide bonds. The topological polar surface area (TPSA) is 78.0 Å². The molecule has 0 bridgehead atoms. The molecular formula is C16H21N3O2. The quantitative estimate of drug-likeness (QED) is 0.790. The van der Waals surface area contributed by atoms with E-state index in [2.05, 4.69) is 15.3 Å². The minimum absolute atomic E-state index is 0.292. The highest BCUT2D eigenvalue weighted by molar-refractivity contribution is 6.00. The van der Waals surface area contributed by atoms with Gasteiger partial charge in [0, 0.05) is 24.4 Å². The van der Waals surface area contributed by atoms with Gasteiger partial charge in [-0.25, -0.2) is 4.79 Å². The molecule has 0 aromatic carbocycles. The fourth-order valence-electron chi connectivity index (χ4n) is 3.53. The van der Waals surface area contributed by atoms with Crippen molar-refractivity contribution in [2.45, 2.75) is 31.6 Å². The summed E-state index contributed by atoms with van der Waals surface area (Å²) < 4.78 is 0. The minimum atomic E-state index is -0.915. The third kappa shape index (κ3) is 2.65. The fraction of sp³-hybridized carbons (Fsp3) is 0.500. The Balaban J connectivity index is 2.01. The lowest BCUT2D eigenvalue weighted by Crippen LogP contribution is -2.23. The lowest BCUT2D eigenvalue weighted by molar-refractivity contribution is 0.0698. The highest BCUT2D eigenvalue weighted by Crippen LogP contribution is 2.37. The number of nitrogens with one attached hydrogen (secondary N) is 2. The van der Waals surface area contributed by atoms with E-state index in [1.807, 2.05) is 13.1 Å². The molecule has 3 N–H and O–H groups in total. The van der Waals surface area contributed by atoms with Crippen LogP contribution in [0.15, 0.2) is 18.3 Å². The Morgan fingerprint density at radius 2 is 2.29 bits per heavy atom. The average molecular weight is 287 g/mol. The molecule has 1 unspecified atom stereocenters. The molecule has 1 fully saturated rings. The Morgan fingerprint density at radius 1 is 1.52 bits per heavy atom. The number of pyridine rings is 1. The van der Waals surface area contributed by atoms with Crippen molar-refractivity contribution in [3.05, 3.63) is 29.6 Å². The van der Waals surface area contributed by atoms with Crippen molar-refractivity contribution in [3.63, 3.8) is 0 Å². The second kappa shape index (κ2) is 5.85. The summed E-state index contributed by atoms with van der Waals surface area (Å²) in [5, 5.41) is 12.6. The Kier molecular flexibility index (Phi) is 3.92. The van der Waals surface area contributed by atoms with Gasteiger partial charge in [-0.15, -0.1) is 0 Å². The summed E-state index contributed by atoms with van der Waals surface area (Å²) in [7, 11) is 1.96. The zero-order valence-electron chi connectivity index (χ0n) is 12.2. The number of likely N-dealkylation sites (N-methyl/N-ethyl adjacent to an activating group) is 1. The predicted octanol–water partition coefficient (Wildman–Crippen LogP) is 2.75. The van der Waals surface area contributed by atoms with Gasteiger partial charge in [-0.3, -0.25) is 4.98 Å². The first-order chi connectivity index (χ1) is 10.2. The maximum atomic E-state index is 11.3. The Bertz CT molecular complexity index is 644. The number of H-pyrrole nitrogens is 1. The standard InChI is InChI=1S/C16H21N3O2/c1-17-9-12(10-4-2-3-5-10)13-8-14-15(19-13)11(16(20)21)6-7-18-14/h6-8,10,12,17,19H,2-5,9H2,1H3,(H,20,21). The van der Waals surface area contributed by atoms with Crippen LogP contribution in [-0.2, 0) is 0 Å². The molecule has 112 valence electrons.